The smallest absolute Gasteiger partial charge is 0.331 e. The van der Waals surface area contributed by atoms with Gasteiger partial charge in [-0.15, -0.1) is 0 Å². The molecule has 7 N–H and O–H groups in total. The number of carbonyl (C=O) groups is 3. The fourth-order valence-corrected chi connectivity index (χ4v) is 6.95. The summed E-state index contributed by atoms with van der Waals surface area (Å²) in [6.07, 6.45) is 39.1. The van der Waals surface area contributed by atoms with Gasteiger partial charge in [-0.3, -0.25) is 25.2 Å². The lowest BCUT2D eigenvalue weighted by Gasteiger charge is -2.27. The average Bonchev–Trinajstić information content (AvgIpc) is 3.09. The number of hydrogen-bond donors (Lipinski definition) is 3. The van der Waals surface area contributed by atoms with E-state index in [-0.39, 0.29) is 30.2 Å². The van der Waals surface area contributed by atoms with Gasteiger partial charge in [0.2, 0.25) is 11.8 Å². The number of unbranched alkanes of at least 4 members (excludes halogenated alkanes) is 28. The van der Waals surface area contributed by atoms with Gasteiger partial charge in [-0.25, -0.2) is 4.79 Å². The van der Waals surface area contributed by atoms with Gasteiger partial charge in [-0.1, -0.05) is 194 Å². The maximum absolute atomic E-state index is 13.4. The molecule has 0 saturated heterocycles. The van der Waals surface area contributed by atoms with Gasteiger partial charge >= 0.3 is 5.91 Å². The number of carbonyl (C=O) groups excluding carboxylic acids is 3. The first-order chi connectivity index (χ1) is 24.3. The summed E-state index contributed by atoms with van der Waals surface area (Å²) in [5.41, 5.74) is 14.5. The third-order valence-electron chi connectivity index (χ3n) is 10.1. The van der Waals surface area contributed by atoms with Gasteiger partial charge in [0.05, 0.1) is 0 Å². The van der Waals surface area contributed by atoms with Gasteiger partial charge in [-0.2, -0.15) is 0 Å². The first kappa shape index (κ1) is 51.4. The zero-order valence-electron chi connectivity index (χ0n) is 33.7. The van der Waals surface area contributed by atoms with Crippen molar-refractivity contribution in [3.8, 4) is 0 Å². The minimum Gasteiger partial charge on any atom is -1.00 e. The van der Waals surface area contributed by atoms with Crippen molar-refractivity contribution in [2.45, 2.75) is 238 Å². The highest BCUT2D eigenvalue weighted by molar-refractivity contribution is 5.99. The van der Waals surface area contributed by atoms with Gasteiger partial charge in [0, 0.05) is 19.4 Å². The lowest BCUT2D eigenvalue weighted by Crippen LogP contribution is -3.00. The van der Waals surface area contributed by atoms with E-state index < -0.39 is 11.9 Å². The number of rotatable bonds is 38. The zero-order valence-corrected chi connectivity index (χ0v) is 34.4. The summed E-state index contributed by atoms with van der Waals surface area (Å²) in [5, 5.41) is 0. The lowest BCUT2D eigenvalue weighted by molar-refractivity contribution is -0.311. The highest BCUT2D eigenvalue weighted by atomic mass is 35.5. The molecule has 302 valence electrons. The normalized spacial score (nSPS) is 11.6. The van der Waals surface area contributed by atoms with E-state index in [9.17, 15) is 14.4 Å². The maximum atomic E-state index is 13.4. The maximum Gasteiger partial charge on any atom is 0.331 e. The largest absolute Gasteiger partial charge is 1.00 e. The molecule has 0 aromatic rings. The first-order valence-electron chi connectivity index (χ1n) is 21.6. The van der Waals surface area contributed by atoms with Crippen LogP contribution in [0.1, 0.15) is 232 Å². The molecule has 3 amide bonds. The van der Waals surface area contributed by atoms with Crippen molar-refractivity contribution in [2.24, 2.45) is 16.5 Å². The van der Waals surface area contributed by atoms with Crippen LogP contribution in [0.3, 0.4) is 0 Å². The summed E-state index contributed by atoms with van der Waals surface area (Å²) in [5.74, 6) is -0.888. The van der Waals surface area contributed by atoms with Crippen LogP contribution >= 0.6 is 0 Å². The summed E-state index contributed by atoms with van der Waals surface area (Å²) in [6, 6.07) is -0.850. The molecule has 0 aromatic heterocycles. The second-order valence-corrected chi connectivity index (χ2v) is 15.0. The highest BCUT2D eigenvalue weighted by Crippen LogP contribution is 2.18. The average molecular weight is 743 g/mol. The Hall–Kier alpha value is -1.67. The zero-order chi connectivity index (χ0) is 36.9. The quantitative estimate of drug-likeness (QED) is 0.0352. The Morgan fingerprint density at radius 1 is 0.490 bits per heavy atom. The number of quaternary nitrogens is 1. The number of guanidine groups is 1. The van der Waals surface area contributed by atoms with Crippen molar-refractivity contribution in [2.75, 3.05) is 6.54 Å². The Balaban J connectivity index is 0. The summed E-state index contributed by atoms with van der Waals surface area (Å²) in [4.78, 5) is 44.7. The Morgan fingerprint density at radius 2 is 0.765 bits per heavy atom. The number of hydrogen-bond acceptors (Lipinski definition) is 4. The van der Waals surface area contributed by atoms with Crippen LogP contribution in [-0.4, -0.2) is 41.2 Å². The molecule has 0 bridgehead atoms. The lowest BCUT2D eigenvalue weighted by atomic mass is 10.0. The minimum atomic E-state index is -0.850. The van der Waals surface area contributed by atoms with Crippen LogP contribution in [0.25, 0.3) is 0 Å². The number of halogens is 1. The second kappa shape index (κ2) is 39.5. The number of imide groups is 1. The molecule has 0 rings (SSSR count). The molecular weight excluding hydrogens is 658 g/mol. The van der Waals surface area contributed by atoms with Crippen molar-refractivity contribution in [3.05, 3.63) is 0 Å². The van der Waals surface area contributed by atoms with Gasteiger partial charge in [0.1, 0.15) is 0 Å². The monoisotopic (exact) mass is 742 g/mol. The van der Waals surface area contributed by atoms with E-state index in [1.165, 1.54) is 159 Å². The fourth-order valence-electron chi connectivity index (χ4n) is 6.95. The predicted octanol–water partition coefficient (Wildman–Crippen LogP) is 7.06. The molecule has 1 atom stereocenters. The molecule has 0 spiro atoms. The Kier molecular flexibility index (Phi) is 39.9. The van der Waals surface area contributed by atoms with E-state index in [0.717, 1.165) is 38.5 Å². The molecule has 0 aliphatic carbocycles. The predicted molar refractivity (Wildman–Crippen MR) is 213 cm³/mol. The molecular formula is C42H84ClN5O3. The van der Waals surface area contributed by atoms with Gasteiger partial charge in [0.25, 0.3) is 0 Å². The van der Waals surface area contributed by atoms with E-state index in [4.69, 9.17) is 11.5 Å². The van der Waals surface area contributed by atoms with Crippen molar-refractivity contribution in [3.63, 3.8) is 0 Å². The second-order valence-electron chi connectivity index (χ2n) is 15.0. The fraction of sp³-hybridized carbons (Fsp3) is 0.905. The molecule has 51 heavy (non-hydrogen) atoms. The molecule has 0 fully saturated rings. The van der Waals surface area contributed by atoms with Crippen LogP contribution in [0.2, 0.25) is 0 Å². The molecule has 0 unspecified atom stereocenters. The van der Waals surface area contributed by atoms with Crippen molar-refractivity contribution in [1.82, 2.24) is 4.90 Å². The molecule has 0 heterocycles. The highest BCUT2D eigenvalue weighted by Gasteiger charge is 2.34. The van der Waals surface area contributed by atoms with Gasteiger partial charge in [-0.05, 0) is 25.7 Å². The molecule has 0 aromatic carbocycles. The Labute approximate surface area is 321 Å². The van der Waals surface area contributed by atoms with Crippen molar-refractivity contribution >= 4 is 23.7 Å². The SMILES string of the molecule is CCCCCCCCCCCCCCCCCC(=O)N(C(=O)CCCCCCCCCCCCCCCCC)[C@@H](CCCN=C(N)N)C([NH3+])=O.[Cl-]. The molecule has 0 aliphatic heterocycles. The summed E-state index contributed by atoms with van der Waals surface area (Å²) >= 11 is 0. The van der Waals surface area contributed by atoms with Crippen LogP contribution in [0.5, 0.6) is 0 Å². The third kappa shape index (κ3) is 33.9. The van der Waals surface area contributed by atoms with Crippen LogP contribution in [0.15, 0.2) is 4.99 Å². The number of nitrogens with two attached hydrogens (primary N) is 2. The number of aliphatic imine (C=N–C) groups is 1. The standard InChI is InChI=1S/C42H83N5O3.ClH/c1-3-5-7-9-11-13-15-17-19-21-23-25-27-29-31-35-39(48)47(38(41(43)50)34-33-37-46-42(44)45)40(49)36-32-30-28-26-24-22-20-18-16-14-12-10-8-6-4-2;/h38H,3-37H2,1-2H3,(H2,43,50)(H4,44,45,46);1H/t38-;/m0./s1. The Bertz CT molecular complexity index is 791. The molecule has 0 radical (unpaired) electrons. The summed E-state index contributed by atoms with van der Waals surface area (Å²) in [6.45, 7) is 4.88. The van der Waals surface area contributed by atoms with Crippen LogP contribution < -0.4 is 29.6 Å². The summed E-state index contributed by atoms with van der Waals surface area (Å²) in [7, 11) is 0. The molecule has 9 heteroatoms. The molecule has 0 saturated carbocycles. The van der Waals surface area contributed by atoms with Crippen molar-refractivity contribution < 1.29 is 32.5 Å². The van der Waals surface area contributed by atoms with E-state index in [1.807, 2.05) is 0 Å². The first-order valence-corrected chi connectivity index (χ1v) is 21.6. The Morgan fingerprint density at radius 3 is 1.02 bits per heavy atom. The molecule has 8 nitrogen and oxygen atoms in total. The van der Waals surface area contributed by atoms with E-state index in [1.54, 1.807) is 0 Å². The van der Waals surface area contributed by atoms with Crippen LogP contribution in [0.4, 0.5) is 0 Å². The van der Waals surface area contributed by atoms with E-state index in [0.29, 0.717) is 32.2 Å². The number of amides is 3. The summed E-state index contributed by atoms with van der Waals surface area (Å²) < 4.78 is 0. The van der Waals surface area contributed by atoms with Gasteiger partial charge < -0.3 is 23.9 Å². The van der Waals surface area contributed by atoms with Crippen LogP contribution in [0, 0.1) is 0 Å². The topological polar surface area (TPSA) is 146 Å². The minimum absolute atomic E-state index is 0. The van der Waals surface area contributed by atoms with E-state index in [2.05, 4.69) is 24.6 Å². The number of nitrogens with zero attached hydrogens (tertiary/aromatic N) is 2. The van der Waals surface area contributed by atoms with Gasteiger partial charge in [0.15, 0.2) is 12.0 Å². The molecule has 0 aliphatic rings. The third-order valence-corrected chi connectivity index (χ3v) is 10.1. The van der Waals surface area contributed by atoms with Crippen molar-refractivity contribution in [1.29, 1.82) is 0 Å². The van der Waals surface area contributed by atoms with Crippen LogP contribution in [-0.2, 0) is 14.4 Å². The van der Waals surface area contributed by atoms with E-state index >= 15 is 0 Å².